The van der Waals surface area contributed by atoms with E-state index < -0.39 is 5.97 Å². The van der Waals surface area contributed by atoms with Gasteiger partial charge in [-0.3, -0.25) is 4.79 Å². The van der Waals surface area contributed by atoms with E-state index in [1.807, 2.05) is 0 Å². The number of hydrogen-bond donors (Lipinski definition) is 3. The van der Waals surface area contributed by atoms with E-state index in [2.05, 4.69) is 10.6 Å². The zero-order chi connectivity index (χ0) is 8.81. The molecule has 0 spiro atoms. The van der Waals surface area contributed by atoms with Gasteiger partial charge >= 0.3 is 5.97 Å². The van der Waals surface area contributed by atoms with Crippen LogP contribution in [0.3, 0.4) is 0 Å². The largest absolute Gasteiger partial charge is 0.481 e. The molecule has 0 aromatic heterocycles. The molecule has 1 rings (SSSR count). The van der Waals surface area contributed by atoms with Crippen LogP contribution in [-0.4, -0.2) is 36.8 Å². The number of rotatable bonds is 4. The molecule has 0 bridgehead atoms. The molecule has 1 heterocycles. The van der Waals surface area contributed by atoms with Crippen LogP contribution in [0.15, 0.2) is 0 Å². The van der Waals surface area contributed by atoms with Crippen LogP contribution in [0.2, 0.25) is 0 Å². The first kappa shape index (κ1) is 16.4. The molecule has 0 saturated carbocycles. The Labute approximate surface area is 96.6 Å². The van der Waals surface area contributed by atoms with Crippen molar-refractivity contribution in [3.05, 3.63) is 0 Å². The lowest BCUT2D eigenvalue weighted by molar-refractivity contribution is -0.136. The van der Waals surface area contributed by atoms with E-state index in [9.17, 15) is 4.79 Å². The molecule has 1 atom stereocenters. The van der Waals surface area contributed by atoms with Gasteiger partial charge < -0.3 is 15.7 Å². The molecule has 4 nitrogen and oxygen atoms in total. The maximum atomic E-state index is 10.2. The highest BCUT2D eigenvalue weighted by Gasteiger charge is 2.11. The molecule has 3 N–H and O–H groups in total. The third-order valence-electron chi connectivity index (χ3n) is 2.07. The lowest BCUT2D eigenvalue weighted by atomic mass is 10.1. The lowest BCUT2D eigenvalue weighted by Crippen LogP contribution is -2.43. The van der Waals surface area contributed by atoms with Gasteiger partial charge in [-0.15, -0.1) is 24.8 Å². The van der Waals surface area contributed by atoms with E-state index >= 15 is 0 Å². The topological polar surface area (TPSA) is 61.4 Å². The van der Waals surface area contributed by atoms with Gasteiger partial charge in [-0.1, -0.05) is 0 Å². The number of nitrogens with one attached hydrogen (secondary N) is 2. The number of carboxylic acids is 1. The summed E-state index contributed by atoms with van der Waals surface area (Å²) in [6.45, 7) is 2.65. The Kier molecular flexibility index (Phi) is 11.2. The number of halogens is 2. The second-order valence-electron chi connectivity index (χ2n) is 3.14. The predicted molar refractivity (Wildman–Crippen MR) is 60.6 cm³/mol. The molecular weight excluding hydrogens is 227 g/mol. The fraction of sp³-hybridized carbons (Fsp3) is 0.875. The van der Waals surface area contributed by atoms with Crippen LogP contribution in [0.5, 0.6) is 0 Å². The quantitative estimate of drug-likeness (QED) is 0.680. The SMILES string of the molecule is Cl.Cl.O=C(O)CCN[C@@H]1CCCNC1. The van der Waals surface area contributed by atoms with E-state index in [0.717, 1.165) is 19.5 Å². The molecule has 86 valence electrons. The van der Waals surface area contributed by atoms with Crippen LogP contribution < -0.4 is 10.6 Å². The summed E-state index contributed by atoms with van der Waals surface area (Å²) in [6.07, 6.45) is 2.56. The van der Waals surface area contributed by atoms with Crippen molar-refractivity contribution in [2.75, 3.05) is 19.6 Å². The third kappa shape index (κ3) is 7.38. The van der Waals surface area contributed by atoms with Crippen molar-refractivity contribution in [3.63, 3.8) is 0 Å². The number of carboxylic acid groups (broad SMARTS) is 1. The molecule has 1 aliphatic heterocycles. The number of aliphatic carboxylic acids is 1. The first-order chi connectivity index (χ1) is 5.79. The normalized spacial score (nSPS) is 20.4. The first-order valence-corrected chi connectivity index (χ1v) is 4.45. The van der Waals surface area contributed by atoms with Crippen LogP contribution in [0.25, 0.3) is 0 Å². The molecule has 0 amide bonds. The first-order valence-electron chi connectivity index (χ1n) is 4.45. The minimum Gasteiger partial charge on any atom is -0.481 e. The molecule has 0 unspecified atom stereocenters. The minimum absolute atomic E-state index is 0. The summed E-state index contributed by atoms with van der Waals surface area (Å²) < 4.78 is 0. The summed E-state index contributed by atoms with van der Waals surface area (Å²) in [5.41, 5.74) is 0. The van der Waals surface area contributed by atoms with Crippen molar-refractivity contribution in [3.8, 4) is 0 Å². The van der Waals surface area contributed by atoms with E-state index in [1.54, 1.807) is 0 Å². The molecule has 0 aromatic rings. The molecule has 1 fully saturated rings. The molecule has 1 saturated heterocycles. The Morgan fingerprint density at radius 3 is 2.71 bits per heavy atom. The molecule has 0 aromatic carbocycles. The minimum atomic E-state index is -0.730. The summed E-state index contributed by atoms with van der Waals surface area (Å²) in [7, 11) is 0. The van der Waals surface area contributed by atoms with Gasteiger partial charge in [-0.2, -0.15) is 0 Å². The van der Waals surface area contributed by atoms with Crippen LogP contribution in [0.1, 0.15) is 19.3 Å². The smallest absolute Gasteiger partial charge is 0.304 e. The van der Waals surface area contributed by atoms with E-state index in [-0.39, 0.29) is 31.2 Å². The maximum Gasteiger partial charge on any atom is 0.304 e. The van der Waals surface area contributed by atoms with Gasteiger partial charge in [0.05, 0.1) is 6.42 Å². The average molecular weight is 245 g/mol. The monoisotopic (exact) mass is 244 g/mol. The maximum absolute atomic E-state index is 10.2. The fourth-order valence-corrected chi connectivity index (χ4v) is 1.41. The average Bonchev–Trinajstić information content (AvgIpc) is 2.05. The van der Waals surface area contributed by atoms with Gasteiger partial charge in [0.15, 0.2) is 0 Å². The summed E-state index contributed by atoms with van der Waals surface area (Å²) in [5.74, 6) is -0.730. The van der Waals surface area contributed by atoms with Crippen molar-refractivity contribution in [2.45, 2.75) is 25.3 Å². The number of hydrogen-bond acceptors (Lipinski definition) is 3. The second-order valence-corrected chi connectivity index (χ2v) is 3.14. The summed E-state index contributed by atoms with van der Waals surface area (Å²) in [4.78, 5) is 10.2. The van der Waals surface area contributed by atoms with Crippen molar-refractivity contribution >= 4 is 30.8 Å². The van der Waals surface area contributed by atoms with E-state index in [0.29, 0.717) is 12.6 Å². The molecule has 14 heavy (non-hydrogen) atoms. The Bertz CT molecular complexity index is 152. The van der Waals surface area contributed by atoms with Gasteiger partial charge in [0.1, 0.15) is 0 Å². The highest BCUT2D eigenvalue weighted by molar-refractivity contribution is 5.85. The summed E-state index contributed by atoms with van der Waals surface area (Å²) >= 11 is 0. The van der Waals surface area contributed by atoms with Crippen LogP contribution in [0, 0.1) is 0 Å². The molecule has 1 aliphatic rings. The van der Waals surface area contributed by atoms with Gasteiger partial charge in [0.25, 0.3) is 0 Å². The highest BCUT2D eigenvalue weighted by atomic mass is 35.5. The van der Waals surface area contributed by atoms with Gasteiger partial charge in [-0.25, -0.2) is 0 Å². The summed E-state index contributed by atoms with van der Waals surface area (Å²) in [6, 6.07) is 0.470. The van der Waals surface area contributed by atoms with Gasteiger partial charge in [-0.05, 0) is 19.4 Å². The van der Waals surface area contributed by atoms with Crippen molar-refractivity contribution < 1.29 is 9.90 Å². The van der Waals surface area contributed by atoms with Crippen LogP contribution >= 0.6 is 24.8 Å². The van der Waals surface area contributed by atoms with Gasteiger partial charge in [0, 0.05) is 19.1 Å². The van der Waals surface area contributed by atoms with Crippen molar-refractivity contribution in [1.82, 2.24) is 10.6 Å². The van der Waals surface area contributed by atoms with Crippen molar-refractivity contribution in [2.24, 2.45) is 0 Å². The van der Waals surface area contributed by atoms with Crippen molar-refractivity contribution in [1.29, 1.82) is 0 Å². The van der Waals surface area contributed by atoms with Crippen LogP contribution in [-0.2, 0) is 4.79 Å². The lowest BCUT2D eigenvalue weighted by Gasteiger charge is -2.23. The second kappa shape index (κ2) is 9.52. The molecule has 0 aliphatic carbocycles. The highest BCUT2D eigenvalue weighted by Crippen LogP contribution is 2.00. The fourth-order valence-electron chi connectivity index (χ4n) is 1.41. The zero-order valence-electron chi connectivity index (χ0n) is 7.99. The molecule has 0 radical (unpaired) electrons. The predicted octanol–water partition coefficient (Wildman–Crippen LogP) is 0.646. The molecule has 6 heteroatoms. The van der Waals surface area contributed by atoms with E-state index in [1.165, 1.54) is 6.42 Å². The third-order valence-corrected chi connectivity index (χ3v) is 2.07. The zero-order valence-corrected chi connectivity index (χ0v) is 9.62. The Morgan fingerprint density at radius 2 is 2.21 bits per heavy atom. The Morgan fingerprint density at radius 1 is 1.50 bits per heavy atom. The van der Waals surface area contributed by atoms with E-state index in [4.69, 9.17) is 5.11 Å². The van der Waals surface area contributed by atoms with Crippen LogP contribution in [0.4, 0.5) is 0 Å². The standard InChI is InChI=1S/C8H16N2O2.2ClH/c11-8(12)3-5-10-7-2-1-4-9-6-7;;/h7,9-10H,1-6H2,(H,11,12);2*1H/t7-;;/m1../s1. The number of carbonyl (C=O) groups is 1. The van der Waals surface area contributed by atoms with Gasteiger partial charge in [0.2, 0.25) is 0 Å². The summed E-state index contributed by atoms with van der Waals surface area (Å²) in [5, 5.41) is 14.9. The molecular formula is C8H18Cl2N2O2. The Hall–Kier alpha value is -0.0300. The Balaban J connectivity index is 0. The number of piperidine rings is 1.